The SMILES string of the molecule is O=S(=O)(c1cccs1)N1CCN(c2ncc(C(O)(C(F)(F)F)C(F)(F)F)cn2)[C@@H](CN2[C@H]3COC[C@@H]2[C@H](O)C3)C1. The van der Waals surface area contributed by atoms with Crippen LogP contribution in [0.1, 0.15) is 12.0 Å². The molecule has 0 saturated carbocycles. The van der Waals surface area contributed by atoms with Crippen LogP contribution in [0.4, 0.5) is 32.3 Å². The summed E-state index contributed by atoms with van der Waals surface area (Å²) in [5, 5.41) is 21.7. The van der Waals surface area contributed by atoms with Crippen LogP contribution in [0.15, 0.2) is 34.1 Å². The van der Waals surface area contributed by atoms with Gasteiger partial charge in [-0.1, -0.05) is 6.07 Å². The van der Waals surface area contributed by atoms with Crippen LogP contribution in [-0.2, 0) is 20.4 Å². The highest BCUT2D eigenvalue weighted by atomic mass is 32.2. The van der Waals surface area contributed by atoms with Gasteiger partial charge in [0.05, 0.1) is 31.4 Å². The van der Waals surface area contributed by atoms with Gasteiger partial charge in [0.1, 0.15) is 4.21 Å². The van der Waals surface area contributed by atoms with E-state index in [9.17, 15) is 45.0 Å². The summed E-state index contributed by atoms with van der Waals surface area (Å²) in [5.74, 6) is -0.227. The quantitative estimate of drug-likeness (QED) is 0.466. The van der Waals surface area contributed by atoms with E-state index >= 15 is 0 Å². The number of halogens is 6. The van der Waals surface area contributed by atoms with Crippen LogP contribution in [0, 0.1) is 0 Å². The molecule has 5 rings (SSSR count). The first-order valence-corrected chi connectivity index (χ1v) is 14.5. The van der Waals surface area contributed by atoms with Crippen LogP contribution >= 0.6 is 11.3 Å². The van der Waals surface area contributed by atoms with Crippen LogP contribution in [-0.4, -0.2) is 114 Å². The minimum Gasteiger partial charge on any atom is -0.391 e. The van der Waals surface area contributed by atoms with Crippen molar-refractivity contribution in [1.29, 1.82) is 0 Å². The molecule has 2 aromatic heterocycles. The Labute approximate surface area is 228 Å². The Kier molecular flexibility index (Phi) is 7.59. The molecule has 40 heavy (non-hydrogen) atoms. The highest BCUT2D eigenvalue weighted by Crippen LogP contribution is 2.49. The summed E-state index contributed by atoms with van der Waals surface area (Å²) >= 11 is 1.04. The Balaban J connectivity index is 1.45. The average molecular weight is 618 g/mol. The third kappa shape index (κ3) is 4.96. The van der Waals surface area contributed by atoms with Crippen molar-refractivity contribution < 1.29 is 49.7 Å². The smallest absolute Gasteiger partial charge is 0.391 e. The van der Waals surface area contributed by atoms with E-state index < -0.39 is 45.7 Å². The number of morpholine rings is 1. The zero-order valence-corrected chi connectivity index (χ0v) is 22.2. The van der Waals surface area contributed by atoms with E-state index in [1.165, 1.54) is 15.3 Å². The molecule has 0 radical (unpaired) electrons. The third-order valence-electron chi connectivity index (χ3n) is 7.54. The minimum atomic E-state index is -6.09. The van der Waals surface area contributed by atoms with E-state index in [4.69, 9.17) is 4.74 Å². The fourth-order valence-corrected chi connectivity index (χ4v) is 8.05. The summed E-state index contributed by atoms with van der Waals surface area (Å²) in [6, 6.07) is 1.87. The van der Waals surface area contributed by atoms with Gasteiger partial charge in [-0.3, -0.25) is 4.90 Å². The Morgan fingerprint density at radius 2 is 1.75 bits per heavy atom. The molecule has 2 bridgehead atoms. The Morgan fingerprint density at radius 3 is 2.33 bits per heavy atom. The van der Waals surface area contributed by atoms with Crippen LogP contribution in [0.5, 0.6) is 0 Å². The Morgan fingerprint density at radius 1 is 1.07 bits per heavy atom. The summed E-state index contributed by atoms with van der Waals surface area (Å²) in [6.45, 7) is 0.658. The molecule has 222 valence electrons. The molecule has 3 saturated heterocycles. The van der Waals surface area contributed by atoms with Gasteiger partial charge in [-0.05, 0) is 17.9 Å². The molecule has 5 heterocycles. The molecule has 3 aliphatic rings. The number of anilines is 1. The zero-order chi connectivity index (χ0) is 29.1. The molecule has 18 heteroatoms. The lowest BCUT2D eigenvalue weighted by Crippen LogP contribution is -2.61. The number of aromatic nitrogens is 2. The second-order valence-electron chi connectivity index (χ2n) is 9.88. The average Bonchev–Trinajstić information content (AvgIpc) is 3.48. The number of hydrogen-bond donors (Lipinski definition) is 2. The fourth-order valence-electron chi connectivity index (χ4n) is 5.43. The second-order valence-corrected chi connectivity index (χ2v) is 13.0. The van der Waals surface area contributed by atoms with Gasteiger partial charge in [0, 0.05) is 50.2 Å². The molecular weight excluding hydrogens is 592 g/mol. The first-order valence-electron chi connectivity index (χ1n) is 12.1. The zero-order valence-electron chi connectivity index (χ0n) is 20.6. The van der Waals surface area contributed by atoms with E-state index in [-0.39, 0.29) is 67.4 Å². The van der Waals surface area contributed by atoms with Gasteiger partial charge < -0.3 is 19.8 Å². The van der Waals surface area contributed by atoms with Crippen molar-refractivity contribution in [3.05, 3.63) is 35.5 Å². The topological polar surface area (TPSA) is 119 Å². The van der Waals surface area contributed by atoms with Gasteiger partial charge in [0.25, 0.3) is 15.6 Å². The Bertz CT molecular complexity index is 1280. The number of thiophene rings is 1. The molecular formula is C22H25F6N5O5S2. The largest absolute Gasteiger partial charge is 0.430 e. The lowest BCUT2D eigenvalue weighted by atomic mass is 9.95. The predicted molar refractivity (Wildman–Crippen MR) is 128 cm³/mol. The van der Waals surface area contributed by atoms with E-state index in [0.717, 1.165) is 11.3 Å². The standard InChI is InChI=1S/C22H25F6N5O5S2/c23-21(24,25)20(35,22(26,27)28)13-7-29-19(30-8-13)32-4-3-31(40(36,37)18-2-1-5-39-18)9-15(32)10-33-14-6-17(34)16(33)12-38-11-14/h1-2,5,7-8,14-17,34-35H,3-4,6,9-12H2/t14-,15-,16-,17-/m1/s1. The molecule has 0 amide bonds. The molecule has 0 aromatic carbocycles. The normalized spacial score (nSPS) is 27.4. The number of ether oxygens (including phenoxy) is 1. The number of alkyl halides is 6. The molecule has 0 unspecified atom stereocenters. The number of nitrogens with zero attached hydrogens (tertiary/aromatic N) is 5. The van der Waals surface area contributed by atoms with Crippen LogP contribution in [0.25, 0.3) is 0 Å². The summed E-state index contributed by atoms with van der Waals surface area (Å²) in [7, 11) is -3.87. The number of piperazine rings is 1. The van der Waals surface area contributed by atoms with Gasteiger partial charge in [-0.25, -0.2) is 18.4 Å². The molecule has 2 aromatic rings. The molecule has 3 fully saturated rings. The van der Waals surface area contributed by atoms with Crippen molar-refractivity contribution >= 4 is 27.3 Å². The highest BCUT2D eigenvalue weighted by molar-refractivity contribution is 7.91. The molecule has 10 nitrogen and oxygen atoms in total. The monoisotopic (exact) mass is 617 g/mol. The van der Waals surface area contributed by atoms with E-state index in [2.05, 4.69) is 9.97 Å². The first kappa shape index (κ1) is 29.4. The molecule has 4 atom stereocenters. The van der Waals surface area contributed by atoms with E-state index in [1.54, 1.807) is 11.4 Å². The lowest BCUT2D eigenvalue weighted by molar-refractivity contribution is -0.376. The van der Waals surface area contributed by atoms with Gasteiger partial charge in [0.2, 0.25) is 5.95 Å². The van der Waals surface area contributed by atoms with Crippen molar-refractivity contribution in [3.63, 3.8) is 0 Å². The van der Waals surface area contributed by atoms with Crippen molar-refractivity contribution in [3.8, 4) is 0 Å². The van der Waals surface area contributed by atoms with Gasteiger partial charge in [-0.15, -0.1) is 11.3 Å². The Hall–Kier alpha value is -2.09. The van der Waals surface area contributed by atoms with Crippen molar-refractivity contribution in [2.45, 2.75) is 52.8 Å². The van der Waals surface area contributed by atoms with Crippen molar-refractivity contribution in [2.24, 2.45) is 0 Å². The third-order valence-corrected chi connectivity index (χ3v) is 10.8. The molecule has 0 aliphatic carbocycles. The summed E-state index contributed by atoms with van der Waals surface area (Å²) < 4.78 is 113. The maximum absolute atomic E-state index is 13.3. The predicted octanol–water partition coefficient (Wildman–Crippen LogP) is 1.56. The number of fused-ring (bicyclic) bond motifs is 2. The molecule has 3 aliphatic heterocycles. The van der Waals surface area contributed by atoms with Crippen molar-refractivity contribution in [1.82, 2.24) is 19.2 Å². The molecule has 2 N–H and O–H groups in total. The van der Waals surface area contributed by atoms with Gasteiger partial charge in [-0.2, -0.15) is 30.6 Å². The van der Waals surface area contributed by atoms with Crippen LogP contribution < -0.4 is 4.90 Å². The van der Waals surface area contributed by atoms with Gasteiger partial charge >= 0.3 is 12.4 Å². The minimum absolute atomic E-state index is 0.0142. The fraction of sp³-hybridized carbons (Fsp3) is 0.636. The van der Waals surface area contributed by atoms with Gasteiger partial charge in [0.15, 0.2) is 0 Å². The summed E-state index contributed by atoms with van der Waals surface area (Å²) in [4.78, 5) is 11.0. The maximum atomic E-state index is 13.3. The number of hydrogen-bond acceptors (Lipinski definition) is 10. The van der Waals surface area contributed by atoms with E-state index in [0.29, 0.717) is 13.0 Å². The number of aliphatic hydroxyl groups is 2. The van der Waals surface area contributed by atoms with Crippen LogP contribution in [0.2, 0.25) is 0 Å². The number of rotatable bonds is 6. The van der Waals surface area contributed by atoms with E-state index in [1.807, 2.05) is 4.90 Å². The lowest BCUT2D eigenvalue weighted by Gasteiger charge is -2.45. The summed E-state index contributed by atoms with van der Waals surface area (Å²) in [5.41, 5.74) is -6.77. The highest BCUT2D eigenvalue weighted by Gasteiger charge is 2.71. The van der Waals surface area contributed by atoms with Crippen LogP contribution in [0.3, 0.4) is 0 Å². The first-order chi connectivity index (χ1) is 18.6. The summed E-state index contributed by atoms with van der Waals surface area (Å²) in [6.07, 6.45) is -11.9. The number of sulfonamides is 1. The number of aliphatic hydroxyl groups excluding tert-OH is 1. The maximum Gasteiger partial charge on any atom is 0.430 e. The van der Waals surface area contributed by atoms with Crippen molar-refractivity contribution in [2.75, 3.05) is 44.3 Å². The molecule has 0 spiro atoms. The second kappa shape index (κ2) is 10.3.